The first-order valence-electron chi connectivity index (χ1n) is 9.71. The number of carbonyl (C=O) groups is 3. The van der Waals surface area contributed by atoms with Crippen molar-refractivity contribution in [1.82, 2.24) is 10.6 Å². The van der Waals surface area contributed by atoms with Crippen LogP contribution in [0.5, 0.6) is 5.75 Å². The van der Waals surface area contributed by atoms with Gasteiger partial charge in [-0.25, -0.2) is 4.79 Å². The molecule has 0 aliphatic heterocycles. The van der Waals surface area contributed by atoms with Gasteiger partial charge in [0.05, 0.1) is 5.60 Å². The van der Waals surface area contributed by atoms with Crippen LogP contribution in [0.25, 0.3) is 0 Å². The number of carbonyl (C=O) groups excluding carboxylic acids is 3. The van der Waals surface area contributed by atoms with Gasteiger partial charge < -0.3 is 25.4 Å². The maximum Gasteiger partial charge on any atom is 0.413 e. The fraction of sp³-hybridized carbons (Fsp3) is 0.571. The molecule has 0 fully saturated rings. The second-order valence-electron chi connectivity index (χ2n) is 8.09. The van der Waals surface area contributed by atoms with Crippen LogP contribution in [0.1, 0.15) is 54.4 Å². The molecular formula is C21H33N3O5. The monoisotopic (exact) mass is 407 g/mol. The summed E-state index contributed by atoms with van der Waals surface area (Å²) in [7, 11) is 0. The fourth-order valence-electron chi connectivity index (χ4n) is 2.30. The van der Waals surface area contributed by atoms with E-state index in [1.807, 2.05) is 27.7 Å². The summed E-state index contributed by atoms with van der Waals surface area (Å²) in [6.07, 6.45) is 0.384. The Morgan fingerprint density at radius 3 is 2.21 bits per heavy atom. The zero-order chi connectivity index (χ0) is 22.1. The van der Waals surface area contributed by atoms with E-state index in [1.165, 1.54) is 6.92 Å². The third-order valence-electron chi connectivity index (χ3n) is 4.09. The molecule has 0 aromatic heterocycles. The molecule has 0 unspecified atom stereocenters. The molecule has 8 nitrogen and oxygen atoms in total. The van der Waals surface area contributed by atoms with Gasteiger partial charge in [0.1, 0.15) is 5.75 Å². The maximum atomic E-state index is 12.2. The molecule has 0 aliphatic carbocycles. The zero-order valence-electron chi connectivity index (χ0n) is 18.2. The average molecular weight is 408 g/mol. The third-order valence-corrected chi connectivity index (χ3v) is 4.09. The Labute approximate surface area is 172 Å². The summed E-state index contributed by atoms with van der Waals surface area (Å²) in [5.74, 6) is 0.188. The molecule has 162 valence electrons. The molecule has 0 aliphatic rings. The van der Waals surface area contributed by atoms with Gasteiger partial charge in [-0.05, 0) is 58.4 Å². The first-order chi connectivity index (χ1) is 13.4. The summed E-state index contributed by atoms with van der Waals surface area (Å²) < 4.78 is 11.1. The lowest BCUT2D eigenvalue weighted by Gasteiger charge is -2.30. The van der Waals surface area contributed by atoms with Gasteiger partial charge in [0.25, 0.3) is 0 Å². The van der Waals surface area contributed by atoms with Gasteiger partial charge in [-0.1, -0.05) is 6.92 Å². The summed E-state index contributed by atoms with van der Waals surface area (Å²) in [4.78, 5) is 34.6. The third kappa shape index (κ3) is 10.5. The number of ether oxygens (including phenoxy) is 2. The Morgan fingerprint density at radius 1 is 1.03 bits per heavy atom. The molecule has 8 heteroatoms. The number of rotatable bonds is 10. The first-order valence-corrected chi connectivity index (χ1v) is 9.71. The minimum atomic E-state index is -0.571. The van der Waals surface area contributed by atoms with Crippen molar-refractivity contribution in [2.24, 2.45) is 0 Å². The quantitative estimate of drug-likeness (QED) is 0.552. The number of anilines is 1. The number of nitrogens with one attached hydrogen (secondary N) is 3. The molecule has 1 aromatic carbocycles. The number of hydrogen-bond donors (Lipinski definition) is 3. The summed E-state index contributed by atoms with van der Waals surface area (Å²) >= 11 is 0. The van der Waals surface area contributed by atoms with Gasteiger partial charge in [0.2, 0.25) is 11.8 Å². The molecule has 0 saturated carbocycles. The molecule has 0 radical (unpaired) electrons. The highest BCUT2D eigenvalue weighted by atomic mass is 16.6. The Balaban J connectivity index is 2.45. The van der Waals surface area contributed by atoms with Crippen LogP contribution in [0.3, 0.4) is 0 Å². The van der Waals surface area contributed by atoms with Crippen LogP contribution < -0.4 is 20.7 Å². The van der Waals surface area contributed by atoms with Crippen LogP contribution in [0.15, 0.2) is 24.3 Å². The van der Waals surface area contributed by atoms with E-state index < -0.39 is 17.2 Å². The minimum Gasteiger partial charge on any atom is -0.410 e. The molecule has 3 amide bonds. The summed E-state index contributed by atoms with van der Waals surface area (Å²) in [6, 6.07) is 6.58. The van der Waals surface area contributed by atoms with Crippen molar-refractivity contribution < 1.29 is 23.9 Å². The van der Waals surface area contributed by atoms with Gasteiger partial charge in [-0.3, -0.25) is 9.59 Å². The van der Waals surface area contributed by atoms with E-state index in [1.54, 1.807) is 31.2 Å². The van der Waals surface area contributed by atoms with Crippen LogP contribution >= 0.6 is 0 Å². The second kappa shape index (κ2) is 10.8. The van der Waals surface area contributed by atoms with Crippen LogP contribution in [0.2, 0.25) is 0 Å². The van der Waals surface area contributed by atoms with Crippen molar-refractivity contribution in [3.8, 4) is 5.75 Å². The van der Waals surface area contributed by atoms with E-state index in [2.05, 4.69) is 16.0 Å². The number of amides is 3. The van der Waals surface area contributed by atoms with Gasteiger partial charge in [0.15, 0.2) is 0 Å². The molecule has 3 N–H and O–H groups in total. The Bertz CT molecular complexity index is 699. The van der Waals surface area contributed by atoms with Crippen LogP contribution in [0.4, 0.5) is 10.5 Å². The standard InChI is InChI=1S/C21H33N3O5/c1-7-18(26)23-16-8-10-17(11-9-16)29-19(27)24-20(3,4)12-13-28-21(5,6)14-22-15(2)25/h8-11H,7,12-14H2,1-6H3,(H,22,25)(H,23,26)(H,24,27). The second-order valence-corrected chi connectivity index (χ2v) is 8.09. The molecule has 1 aromatic rings. The fourth-order valence-corrected chi connectivity index (χ4v) is 2.30. The predicted octanol–water partition coefficient (Wildman–Crippen LogP) is 3.22. The lowest BCUT2D eigenvalue weighted by atomic mass is 10.0. The summed E-state index contributed by atoms with van der Waals surface area (Å²) in [6.45, 7) is 11.6. The molecular weight excluding hydrogens is 374 g/mol. The Kier molecular flexibility index (Phi) is 9.10. The van der Waals surface area contributed by atoms with Gasteiger partial charge >= 0.3 is 6.09 Å². The lowest BCUT2D eigenvalue weighted by molar-refractivity contribution is -0.120. The van der Waals surface area contributed by atoms with Crippen molar-refractivity contribution in [2.75, 3.05) is 18.5 Å². The minimum absolute atomic E-state index is 0.0827. The van der Waals surface area contributed by atoms with E-state index in [-0.39, 0.29) is 11.8 Å². The van der Waals surface area contributed by atoms with Crippen molar-refractivity contribution in [1.29, 1.82) is 0 Å². The highest BCUT2D eigenvalue weighted by molar-refractivity contribution is 5.90. The first kappa shape index (κ1) is 24.4. The van der Waals surface area contributed by atoms with Gasteiger partial charge in [-0.2, -0.15) is 0 Å². The molecule has 0 spiro atoms. The maximum absolute atomic E-state index is 12.2. The number of hydrogen-bond acceptors (Lipinski definition) is 5. The van der Waals surface area contributed by atoms with E-state index in [9.17, 15) is 14.4 Å². The summed E-state index contributed by atoms with van der Waals surface area (Å²) in [5, 5.41) is 8.28. The van der Waals surface area contributed by atoms with Gasteiger partial charge in [0, 0.05) is 37.7 Å². The van der Waals surface area contributed by atoms with Crippen molar-refractivity contribution in [3.05, 3.63) is 24.3 Å². The van der Waals surface area contributed by atoms with E-state index in [0.29, 0.717) is 37.4 Å². The van der Waals surface area contributed by atoms with Gasteiger partial charge in [-0.15, -0.1) is 0 Å². The molecule has 29 heavy (non-hydrogen) atoms. The van der Waals surface area contributed by atoms with E-state index in [0.717, 1.165) is 0 Å². The van der Waals surface area contributed by atoms with Crippen LogP contribution in [-0.2, 0) is 14.3 Å². The topological polar surface area (TPSA) is 106 Å². The smallest absolute Gasteiger partial charge is 0.410 e. The average Bonchev–Trinajstić information content (AvgIpc) is 2.60. The normalized spacial score (nSPS) is 11.5. The molecule has 0 heterocycles. The van der Waals surface area contributed by atoms with E-state index in [4.69, 9.17) is 9.47 Å². The summed E-state index contributed by atoms with van der Waals surface area (Å²) in [5.41, 5.74) is -0.406. The van der Waals surface area contributed by atoms with Crippen LogP contribution in [0, 0.1) is 0 Å². The highest BCUT2D eigenvalue weighted by Crippen LogP contribution is 2.17. The predicted molar refractivity (Wildman–Crippen MR) is 112 cm³/mol. The van der Waals surface area contributed by atoms with Crippen molar-refractivity contribution in [3.63, 3.8) is 0 Å². The molecule has 0 saturated heterocycles. The van der Waals surface area contributed by atoms with Crippen molar-refractivity contribution >= 4 is 23.6 Å². The SMILES string of the molecule is CCC(=O)Nc1ccc(OC(=O)NC(C)(C)CCOC(C)(C)CNC(C)=O)cc1. The molecule has 0 atom stereocenters. The van der Waals surface area contributed by atoms with Crippen molar-refractivity contribution in [2.45, 2.75) is 65.5 Å². The van der Waals surface area contributed by atoms with Crippen LogP contribution in [-0.4, -0.2) is 42.2 Å². The molecule has 0 bridgehead atoms. The largest absolute Gasteiger partial charge is 0.413 e. The lowest BCUT2D eigenvalue weighted by Crippen LogP contribution is -2.46. The zero-order valence-corrected chi connectivity index (χ0v) is 18.2. The Hall–Kier alpha value is -2.61. The van der Waals surface area contributed by atoms with E-state index >= 15 is 0 Å². The number of benzene rings is 1. The Morgan fingerprint density at radius 2 is 1.66 bits per heavy atom. The molecule has 1 rings (SSSR count). The highest BCUT2D eigenvalue weighted by Gasteiger charge is 2.24.